The van der Waals surface area contributed by atoms with E-state index in [0.717, 1.165) is 12.1 Å². The molecule has 1 aliphatic heterocycles. The normalized spacial score (nSPS) is 17.7. The molecule has 1 atom stereocenters. The summed E-state index contributed by atoms with van der Waals surface area (Å²) in [5.41, 5.74) is 2.59. The minimum Gasteiger partial charge on any atom is -0.373 e. The fraction of sp³-hybridized carbons (Fsp3) is 0.222. The maximum Gasteiger partial charge on any atom is 0.256 e. The lowest BCUT2D eigenvalue weighted by molar-refractivity contribution is -0.121. The smallest absolute Gasteiger partial charge is 0.256 e. The minimum absolute atomic E-state index is 0.151. The molecule has 0 unspecified atom stereocenters. The molecular formula is C18H17ClN2O2. The molecule has 2 amide bonds. The van der Waals surface area contributed by atoms with Gasteiger partial charge in [-0.05, 0) is 48.4 Å². The number of anilines is 2. The highest BCUT2D eigenvalue weighted by Crippen LogP contribution is 2.26. The van der Waals surface area contributed by atoms with E-state index in [1.165, 1.54) is 10.5 Å². The highest BCUT2D eigenvalue weighted by atomic mass is 35.5. The van der Waals surface area contributed by atoms with Gasteiger partial charge in [-0.15, -0.1) is 0 Å². The second-order valence-corrected chi connectivity index (χ2v) is 5.94. The average Bonchev–Trinajstić information content (AvgIpc) is 2.83. The number of amides is 2. The second kappa shape index (κ2) is 6.42. The Bertz CT molecular complexity index is 743. The predicted octanol–water partition coefficient (Wildman–Crippen LogP) is 3.65. The quantitative estimate of drug-likeness (QED) is 0.872. The first-order valence-corrected chi connectivity index (χ1v) is 7.94. The highest BCUT2D eigenvalue weighted by Gasteiger charge is 2.39. The van der Waals surface area contributed by atoms with Crippen molar-refractivity contribution < 1.29 is 9.59 Å². The molecule has 118 valence electrons. The van der Waals surface area contributed by atoms with Crippen LogP contribution in [-0.2, 0) is 16.0 Å². The van der Waals surface area contributed by atoms with Gasteiger partial charge in [0.15, 0.2) is 0 Å². The van der Waals surface area contributed by atoms with Crippen molar-refractivity contribution in [3.63, 3.8) is 0 Å². The summed E-state index contributed by atoms with van der Waals surface area (Å²) in [6.45, 7) is 2.08. The summed E-state index contributed by atoms with van der Waals surface area (Å²) >= 11 is 5.85. The number of halogens is 1. The van der Waals surface area contributed by atoms with Gasteiger partial charge >= 0.3 is 0 Å². The fourth-order valence-electron chi connectivity index (χ4n) is 2.69. The summed E-state index contributed by atoms with van der Waals surface area (Å²) in [7, 11) is 0. The van der Waals surface area contributed by atoms with E-state index in [2.05, 4.69) is 12.2 Å². The van der Waals surface area contributed by atoms with E-state index >= 15 is 0 Å². The van der Waals surface area contributed by atoms with E-state index in [4.69, 9.17) is 11.6 Å². The van der Waals surface area contributed by atoms with Crippen LogP contribution >= 0.6 is 11.6 Å². The Hall–Kier alpha value is -2.33. The van der Waals surface area contributed by atoms with E-state index in [1.807, 2.05) is 24.3 Å². The predicted molar refractivity (Wildman–Crippen MR) is 91.8 cm³/mol. The number of aryl methyl sites for hydroxylation is 1. The van der Waals surface area contributed by atoms with Gasteiger partial charge in [0.1, 0.15) is 6.04 Å². The Kier molecular flexibility index (Phi) is 4.35. The van der Waals surface area contributed by atoms with Crippen LogP contribution in [0, 0.1) is 0 Å². The Morgan fingerprint density at radius 2 is 1.91 bits per heavy atom. The lowest BCUT2D eigenvalue weighted by atomic mass is 10.1. The Balaban J connectivity index is 1.79. The van der Waals surface area contributed by atoms with Crippen molar-refractivity contribution in [3.05, 3.63) is 59.1 Å². The van der Waals surface area contributed by atoms with Crippen LogP contribution in [0.4, 0.5) is 11.4 Å². The van der Waals surface area contributed by atoms with Gasteiger partial charge in [-0.1, -0.05) is 30.7 Å². The standard InChI is InChI=1S/C18H17ClN2O2/c1-2-12-4-3-5-14(10-12)20-16-11-17(22)21(18(16)23)15-8-6-13(19)7-9-15/h3-10,16,20H,2,11H2,1H3/t16-/m1/s1. The van der Waals surface area contributed by atoms with Crippen molar-refractivity contribution in [1.82, 2.24) is 0 Å². The van der Waals surface area contributed by atoms with Gasteiger partial charge in [0.2, 0.25) is 5.91 Å². The molecule has 0 radical (unpaired) electrons. The number of carbonyl (C=O) groups is 2. The lowest BCUT2D eigenvalue weighted by Gasteiger charge is -2.16. The summed E-state index contributed by atoms with van der Waals surface area (Å²) in [5, 5.41) is 3.74. The van der Waals surface area contributed by atoms with Crippen molar-refractivity contribution in [2.75, 3.05) is 10.2 Å². The van der Waals surface area contributed by atoms with Crippen molar-refractivity contribution in [2.45, 2.75) is 25.8 Å². The average molecular weight is 329 g/mol. The van der Waals surface area contributed by atoms with Crippen molar-refractivity contribution in [1.29, 1.82) is 0 Å². The topological polar surface area (TPSA) is 49.4 Å². The Morgan fingerprint density at radius 1 is 1.17 bits per heavy atom. The highest BCUT2D eigenvalue weighted by molar-refractivity contribution is 6.30. The van der Waals surface area contributed by atoms with Crippen LogP contribution in [0.3, 0.4) is 0 Å². The minimum atomic E-state index is -0.537. The first-order chi connectivity index (χ1) is 11.1. The van der Waals surface area contributed by atoms with E-state index in [-0.39, 0.29) is 18.2 Å². The molecule has 0 saturated carbocycles. The van der Waals surface area contributed by atoms with Gasteiger partial charge in [-0.2, -0.15) is 0 Å². The van der Waals surface area contributed by atoms with Gasteiger partial charge in [0.05, 0.1) is 12.1 Å². The zero-order valence-electron chi connectivity index (χ0n) is 12.8. The van der Waals surface area contributed by atoms with Crippen LogP contribution in [0.1, 0.15) is 18.9 Å². The number of benzene rings is 2. The molecule has 5 heteroatoms. The van der Waals surface area contributed by atoms with Crippen molar-refractivity contribution in [2.24, 2.45) is 0 Å². The molecule has 0 spiro atoms. The molecule has 1 N–H and O–H groups in total. The number of imide groups is 1. The molecule has 0 bridgehead atoms. The molecule has 3 rings (SSSR count). The van der Waals surface area contributed by atoms with Gasteiger partial charge < -0.3 is 5.32 Å². The summed E-state index contributed by atoms with van der Waals surface area (Å²) in [6.07, 6.45) is 1.07. The monoisotopic (exact) mass is 328 g/mol. The lowest BCUT2D eigenvalue weighted by Crippen LogP contribution is -2.34. The summed E-state index contributed by atoms with van der Waals surface area (Å²) in [5.74, 6) is -0.444. The first-order valence-electron chi connectivity index (χ1n) is 7.56. The zero-order valence-corrected chi connectivity index (χ0v) is 13.5. The number of hydrogen-bond acceptors (Lipinski definition) is 3. The van der Waals surface area contributed by atoms with Crippen LogP contribution in [0.15, 0.2) is 48.5 Å². The Labute approximate surface area is 140 Å². The van der Waals surface area contributed by atoms with E-state index in [9.17, 15) is 9.59 Å². The molecule has 2 aromatic carbocycles. The van der Waals surface area contributed by atoms with Crippen LogP contribution in [0.5, 0.6) is 0 Å². The van der Waals surface area contributed by atoms with E-state index in [1.54, 1.807) is 24.3 Å². The summed E-state index contributed by atoms with van der Waals surface area (Å²) in [4.78, 5) is 26.0. The molecule has 1 aliphatic rings. The number of nitrogens with one attached hydrogen (secondary N) is 1. The van der Waals surface area contributed by atoms with Gasteiger partial charge in [0, 0.05) is 10.7 Å². The van der Waals surface area contributed by atoms with Crippen LogP contribution < -0.4 is 10.2 Å². The third-order valence-corrected chi connectivity index (χ3v) is 4.16. The Morgan fingerprint density at radius 3 is 2.61 bits per heavy atom. The van der Waals surface area contributed by atoms with Crippen molar-refractivity contribution >= 4 is 34.8 Å². The van der Waals surface area contributed by atoms with Gasteiger partial charge in [-0.3, -0.25) is 9.59 Å². The molecule has 4 nitrogen and oxygen atoms in total. The van der Waals surface area contributed by atoms with Crippen LogP contribution in [-0.4, -0.2) is 17.9 Å². The summed E-state index contributed by atoms with van der Waals surface area (Å²) in [6, 6.07) is 14.0. The molecule has 1 heterocycles. The maximum atomic E-state index is 12.6. The fourth-order valence-corrected chi connectivity index (χ4v) is 2.81. The first kappa shape index (κ1) is 15.6. The number of hydrogen-bond donors (Lipinski definition) is 1. The molecule has 0 aliphatic carbocycles. The number of rotatable bonds is 4. The van der Waals surface area contributed by atoms with E-state index in [0.29, 0.717) is 10.7 Å². The number of nitrogens with zero attached hydrogens (tertiary/aromatic N) is 1. The molecule has 1 fully saturated rings. The molecule has 2 aromatic rings. The third kappa shape index (κ3) is 3.22. The van der Waals surface area contributed by atoms with Gasteiger partial charge in [-0.25, -0.2) is 4.90 Å². The number of carbonyl (C=O) groups excluding carboxylic acids is 2. The second-order valence-electron chi connectivity index (χ2n) is 5.50. The molecule has 23 heavy (non-hydrogen) atoms. The van der Waals surface area contributed by atoms with Crippen molar-refractivity contribution in [3.8, 4) is 0 Å². The zero-order chi connectivity index (χ0) is 16.4. The van der Waals surface area contributed by atoms with Gasteiger partial charge in [0.25, 0.3) is 5.91 Å². The maximum absolute atomic E-state index is 12.6. The summed E-state index contributed by atoms with van der Waals surface area (Å²) < 4.78 is 0. The SMILES string of the molecule is CCc1cccc(N[C@@H]2CC(=O)N(c3ccc(Cl)cc3)C2=O)c1. The molecular weight excluding hydrogens is 312 g/mol. The van der Waals surface area contributed by atoms with Crippen LogP contribution in [0.2, 0.25) is 5.02 Å². The molecule has 0 aromatic heterocycles. The largest absolute Gasteiger partial charge is 0.373 e. The molecule has 1 saturated heterocycles. The van der Waals surface area contributed by atoms with Crippen LogP contribution in [0.25, 0.3) is 0 Å². The third-order valence-electron chi connectivity index (χ3n) is 3.91. The van der Waals surface area contributed by atoms with E-state index < -0.39 is 6.04 Å².